The second-order valence-corrected chi connectivity index (χ2v) is 4.09. The molecule has 0 aliphatic rings. The van der Waals surface area contributed by atoms with Crippen molar-refractivity contribution >= 4 is 0 Å². The Labute approximate surface area is 65.8 Å². The average molecular weight is 168 g/mol. The highest BCUT2D eigenvalue weighted by molar-refractivity contribution is 4.72. The molecule has 11 heavy (non-hydrogen) atoms. The van der Waals surface area contributed by atoms with Crippen LogP contribution in [0.4, 0.5) is 13.2 Å². The number of rotatable bonds is 1. The molecule has 1 atom stereocenters. The van der Waals surface area contributed by atoms with Crippen molar-refractivity contribution in [1.82, 2.24) is 0 Å². The lowest BCUT2D eigenvalue weighted by molar-refractivity contribution is -0.150. The summed E-state index contributed by atoms with van der Waals surface area (Å²) in [6, 6.07) is 0. The van der Waals surface area contributed by atoms with Gasteiger partial charge in [0, 0.05) is 6.42 Å². The SMILES string of the molecule is C[C@@H](CC(F)(F)F)C(C)(C)C. The van der Waals surface area contributed by atoms with Gasteiger partial charge in [0.05, 0.1) is 0 Å². The molecule has 0 fully saturated rings. The van der Waals surface area contributed by atoms with E-state index in [9.17, 15) is 13.2 Å². The molecule has 0 spiro atoms. The monoisotopic (exact) mass is 168 g/mol. The summed E-state index contributed by atoms with van der Waals surface area (Å²) in [5.74, 6) is -0.317. The molecule has 0 nitrogen and oxygen atoms in total. The summed E-state index contributed by atoms with van der Waals surface area (Å²) in [6.07, 6.45) is -4.71. The fourth-order valence-corrected chi connectivity index (χ4v) is 0.653. The first-order valence-electron chi connectivity index (χ1n) is 3.69. The van der Waals surface area contributed by atoms with E-state index in [0.29, 0.717) is 0 Å². The van der Waals surface area contributed by atoms with Crippen LogP contribution in [0.3, 0.4) is 0 Å². The van der Waals surface area contributed by atoms with Crippen LogP contribution in [0.5, 0.6) is 0 Å². The molecular formula is C8H15F3. The molecule has 0 radical (unpaired) electrons. The van der Waals surface area contributed by atoms with Crippen LogP contribution in [-0.2, 0) is 0 Å². The molecule has 0 heterocycles. The standard InChI is InChI=1S/C8H15F3/c1-6(7(2,3)4)5-8(9,10)11/h6H,5H2,1-4H3/t6-/m0/s1. The summed E-state index contributed by atoms with van der Waals surface area (Å²) >= 11 is 0. The molecule has 0 N–H and O–H groups in total. The van der Waals surface area contributed by atoms with Gasteiger partial charge in [-0.2, -0.15) is 13.2 Å². The number of hydrogen-bond acceptors (Lipinski definition) is 0. The van der Waals surface area contributed by atoms with E-state index < -0.39 is 12.6 Å². The van der Waals surface area contributed by atoms with Crippen molar-refractivity contribution in [3.63, 3.8) is 0 Å². The fraction of sp³-hybridized carbons (Fsp3) is 1.00. The van der Waals surface area contributed by atoms with Crippen LogP contribution in [0.25, 0.3) is 0 Å². The van der Waals surface area contributed by atoms with Gasteiger partial charge in [0.25, 0.3) is 0 Å². The molecule has 0 aliphatic heterocycles. The van der Waals surface area contributed by atoms with E-state index in [-0.39, 0.29) is 11.3 Å². The van der Waals surface area contributed by atoms with Gasteiger partial charge >= 0.3 is 6.18 Å². The summed E-state index contributed by atoms with van der Waals surface area (Å²) in [5.41, 5.74) is -0.254. The second kappa shape index (κ2) is 3.03. The van der Waals surface area contributed by atoms with Gasteiger partial charge in [-0.3, -0.25) is 0 Å². The normalized spacial score (nSPS) is 16.6. The molecule has 0 aromatic heterocycles. The van der Waals surface area contributed by atoms with E-state index >= 15 is 0 Å². The van der Waals surface area contributed by atoms with Gasteiger partial charge in [-0.1, -0.05) is 27.7 Å². The maximum atomic E-state index is 11.8. The van der Waals surface area contributed by atoms with Crippen molar-refractivity contribution in [3.05, 3.63) is 0 Å². The third kappa shape index (κ3) is 5.10. The van der Waals surface area contributed by atoms with Gasteiger partial charge in [0.15, 0.2) is 0 Å². The van der Waals surface area contributed by atoms with Crippen molar-refractivity contribution in [1.29, 1.82) is 0 Å². The van der Waals surface area contributed by atoms with Crippen LogP contribution >= 0.6 is 0 Å². The lowest BCUT2D eigenvalue weighted by Crippen LogP contribution is -2.23. The zero-order valence-corrected chi connectivity index (χ0v) is 7.42. The molecule has 0 rings (SSSR count). The summed E-state index contributed by atoms with van der Waals surface area (Å²) in [4.78, 5) is 0. The van der Waals surface area contributed by atoms with Crippen molar-refractivity contribution in [3.8, 4) is 0 Å². The van der Waals surface area contributed by atoms with E-state index in [1.165, 1.54) is 0 Å². The number of hydrogen-bond donors (Lipinski definition) is 0. The lowest BCUT2D eigenvalue weighted by atomic mass is 9.80. The molecule has 0 unspecified atom stereocenters. The van der Waals surface area contributed by atoms with E-state index in [0.717, 1.165) is 0 Å². The van der Waals surface area contributed by atoms with Gasteiger partial charge < -0.3 is 0 Å². The van der Waals surface area contributed by atoms with E-state index in [1.807, 2.05) is 20.8 Å². The van der Waals surface area contributed by atoms with Crippen molar-refractivity contribution in [2.45, 2.75) is 40.3 Å². The molecule has 0 bridgehead atoms. The Bertz CT molecular complexity index is 118. The van der Waals surface area contributed by atoms with Crippen LogP contribution in [0, 0.1) is 11.3 Å². The molecular weight excluding hydrogens is 153 g/mol. The minimum absolute atomic E-state index is 0.254. The molecule has 0 aliphatic carbocycles. The Morgan fingerprint density at radius 3 is 1.55 bits per heavy atom. The first-order chi connectivity index (χ1) is 4.63. The highest BCUT2D eigenvalue weighted by Crippen LogP contribution is 2.34. The van der Waals surface area contributed by atoms with Crippen LogP contribution in [0.15, 0.2) is 0 Å². The Morgan fingerprint density at radius 2 is 1.45 bits per heavy atom. The molecule has 0 saturated heterocycles. The fourth-order valence-electron chi connectivity index (χ4n) is 0.653. The first kappa shape index (κ1) is 10.8. The van der Waals surface area contributed by atoms with E-state index in [1.54, 1.807) is 6.92 Å². The largest absolute Gasteiger partial charge is 0.389 e. The molecule has 0 aromatic rings. The minimum atomic E-state index is -4.02. The van der Waals surface area contributed by atoms with Crippen molar-refractivity contribution in [2.24, 2.45) is 11.3 Å². The maximum absolute atomic E-state index is 11.8. The highest BCUT2D eigenvalue weighted by Gasteiger charge is 2.34. The highest BCUT2D eigenvalue weighted by atomic mass is 19.4. The molecule has 0 saturated carbocycles. The van der Waals surface area contributed by atoms with Crippen LogP contribution in [-0.4, -0.2) is 6.18 Å². The van der Waals surface area contributed by atoms with E-state index in [2.05, 4.69) is 0 Å². The topological polar surface area (TPSA) is 0 Å². The predicted octanol–water partition coefficient (Wildman–Crippen LogP) is 3.62. The van der Waals surface area contributed by atoms with Gasteiger partial charge in [-0.15, -0.1) is 0 Å². The Morgan fingerprint density at radius 1 is 1.09 bits per heavy atom. The number of alkyl halides is 3. The summed E-state index contributed by atoms with van der Waals surface area (Å²) in [5, 5.41) is 0. The predicted molar refractivity (Wildman–Crippen MR) is 39.3 cm³/mol. The zero-order chi connectivity index (χ0) is 9.28. The quantitative estimate of drug-likeness (QED) is 0.561. The van der Waals surface area contributed by atoms with Crippen LogP contribution in [0.2, 0.25) is 0 Å². The van der Waals surface area contributed by atoms with E-state index in [4.69, 9.17) is 0 Å². The third-order valence-corrected chi connectivity index (χ3v) is 2.02. The Balaban J connectivity index is 3.99. The smallest absolute Gasteiger partial charge is 0.171 e. The lowest BCUT2D eigenvalue weighted by Gasteiger charge is -2.27. The van der Waals surface area contributed by atoms with Gasteiger partial charge in [-0.25, -0.2) is 0 Å². The maximum Gasteiger partial charge on any atom is 0.389 e. The summed E-state index contributed by atoms with van der Waals surface area (Å²) in [6.45, 7) is 7.10. The van der Waals surface area contributed by atoms with Crippen molar-refractivity contribution < 1.29 is 13.2 Å². The summed E-state index contributed by atoms with van der Waals surface area (Å²) in [7, 11) is 0. The molecule has 3 heteroatoms. The Kier molecular flexibility index (Phi) is 2.98. The van der Waals surface area contributed by atoms with Gasteiger partial charge in [0.1, 0.15) is 0 Å². The van der Waals surface area contributed by atoms with Crippen LogP contribution < -0.4 is 0 Å². The second-order valence-electron chi connectivity index (χ2n) is 4.09. The average Bonchev–Trinajstić information content (AvgIpc) is 1.56. The first-order valence-corrected chi connectivity index (χ1v) is 3.69. The van der Waals surface area contributed by atoms with Crippen molar-refractivity contribution in [2.75, 3.05) is 0 Å². The molecule has 0 aromatic carbocycles. The van der Waals surface area contributed by atoms with Crippen LogP contribution in [0.1, 0.15) is 34.1 Å². The third-order valence-electron chi connectivity index (χ3n) is 2.02. The molecule has 68 valence electrons. The Hall–Kier alpha value is -0.210. The molecule has 0 amide bonds. The number of halogens is 3. The van der Waals surface area contributed by atoms with Gasteiger partial charge in [0.2, 0.25) is 0 Å². The zero-order valence-electron chi connectivity index (χ0n) is 7.42. The minimum Gasteiger partial charge on any atom is -0.171 e. The van der Waals surface area contributed by atoms with Gasteiger partial charge in [-0.05, 0) is 11.3 Å². The summed E-state index contributed by atoms with van der Waals surface area (Å²) < 4.78 is 35.5.